The Balaban J connectivity index is 1.34. The Labute approximate surface area is 154 Å². The van der Waals surface area contributed by atoms with Crippen molar-refractivity contribution in [3.05, 3.63) is 47.6 Å². The number of hydrogen-bond acceptors (Lipinski definition) is 4. The Kier molecular flexibility index (Phi) is 4.55. The topological polar surface area (TPSA) is 59.2 Å². The number of amides is 1. The Bertz CT molecular complexity index is 757. The van der Waals surface area contributed by atoms with Crippen LogP contribution >= 0.6 is 0 Å². The molecule has 0 bridgehead atoms. The normalized spacial score (nSPS) is 19.7. The molecule has 0 unspecified atom stereocenters. The third-order valence-electron chi connectivity index (χ3n) is 5.85. The van der Waals surface area contributed by atoms with Gasteiger partial charge in [0, 0.05) is 25.4 Å². The average molecular weight is 353 g/mol. The summed E-state index contributed by atoms with van der Waals surface area (Å²) in [6.45, 7) is 5.81. The van der Waals surface area contributed by atoms with E-state index in [1.807, 2.05) is 18.2 Å². The maximum atomic E-state index is 13.1. The molecular weight excluding hydrogens is 326 g/mol. The lowest BCUT2D eigenvalue weighted by atomic mass is 9.90. The van der Waals surface area contributed by atoms with Gasteiger partial charge in [0.05, 0.1) is 5.41 Å². The van der Waals surface area contributed by atoms with Gasteiger partial charge in [0.25, 0.3) is 0 Å². The number of rotatable bonds is 5. The molecule has 1 aliphatic carbocycles. The Morgan fingerprint density at radius 1 is 1.23 bits per heavy atom. The van der Waals surface area contributed by atoms with Gasteiger partial charge in [-0.05, 0) is 37.2 Å². The van der Waals surface area contributed by atoms with Crippen LogP contribution in [0.5, 0.6) is 0 Å². The van der Waals surface area contributed by atoms with Crippen molar-refractivity contribution >= 4 is 5.91 Å². The van der Waals surface area contributed by atoms with Crippen LogP contribution in [0.2, 0.25) is 0 Å². The minimum absolute atomic E-state index is 0.243. The Morgan fingerprint density at radius 3 is 2.50 bits per heavy atom. The first kappa shape index (κ1) is 17.3. The van der Waals surface area contributed by atoms with Crippen LogP contribution in [0, 0.1) is 5.92 Å². The second kappa shape index (κ2) is 6.86. The fourth-order valence-electron chi connectivity index (χ4n) is 3.98. The molecule has 2 heterocycles. The summed E-state index contributed by atoms with van der Waals surface area (Å²) in [5.41, 5.74) is 0.937. The third-order valence-corrected chi connectivity index (χ3v) is 5.85. The summed E-state index contributed by atoms with van der Waals surface area (Å²) in [7, 11) is 0. The second-order valence-electron chi connectivity index (χ2n) is 8.09. The molecule has 0 radical (unpaired) electrons. The number of benzene rings is 1. The van der Waals surface area contributed by atoms with Crippen molar-refractivity contribution in [1.82, 2.24) is 15.0 Å². The van der Waals surface area contributed by atoms with Gasteiger partial charge in [0.15, 0.2) is 5.82 Å². The number of aromatic nitrogens is 2. The fraction of sp³-hybridized carbons (Fsp3) is 0.571. The minimum Gasteiger partial charge on any atom is -0.342 e. The van der Waals surface area contributed by atoms with Crippen LogP contribution in [-0.4, -0.2) is 34.0 Å². The van der Waals surface area contributed by atoms with Crippen LogP contribution < -0.4 is 0 Å². The second-order valence-corrected chi connectivity index (χ2v) is 8.09. The highest BCUT2D eigenvalue weighted by molar-refractivity contribution is 5.91. The standard InChI is InChI=1S/C21H27N3O2/c1-15(2)19-22-18(26-23-19)14-16-8-12-24(13-9-16)20(25)21(10-11-21)17-6-4-3-5-7-17/h3-7,15-16H,8-14H2,1-2H3. The van der Waals surface area contributed by atoms with Gasteiger partial charge in [-0.1, -0.05) is 49.3 Å². The molecule has 1 saturated heterocycles. The van der Waals surface area contributed by atoms with Crippen molar-refractivity contribution in [2.45, 2.75) is 57.3 Å². The fourth-order valence-corrected chi connectivity index (χ4v) is 3.98. The highest BCUT2D eigenvalue weighted by atomic mass is 16.5. The molecule has 1 amide bonds. The van der Waals surface area contributed by atoms with Crippen molar-refractivity contribution in [3.8, 4) is 0 Å². The molecule has 0 atom stereocenters. The summed E-state index contributed by atoms with van der Waals surface area (Å²) in [5.74, 6) is 2.65. The lowest BCUT2D eigenvalue weighted by molar-refractivity contribution is -0.135. The monoisotopic (exact) mass is 353 g/mol. The van der Waals surface area contributed by atoms with E-state index < -0.39 is 0 Å². The molecule has 1 aromatic heterocycles. The number of piperidine rings is 1. The van der Waals surface area contributed by atoms with Gasteiger partial charge in [-0.25, -0.2) is 0 Å². The number of carbonyl (C=O) groups excluding carboxylic acids is 1. The minimum atomic E-state index is -0.243. The molecule has 1 saturated carbocycles. The molecule has 2 fully saturated rings. The molecule has 26 heavy (non-hydrogen) atoms. The van der Waals surface area contributed by atoms with Gasteiger partial charge < -0.3 is 9.42 Å². The summed E-state index contributed by atoms with van der Waals surface area (Å²) in [5, 5.41) is 4.05. The van der Waals surface area contributed by atoms with E-state index in [2.05, 4.69) is 41.0 Å². The number of likely N-dealkylation sites (tertiary alicyclic amines) is 1. The van der Waals surface area contributed by atoms with E-state index in [4.69, 9.17) is 4.52 Å². The molecule has 5 nitrogen and oxygen atoms in total. The Morgan fingerprint density at radius 2 is 1.92 bits per heavy atom. The van der Waals surface area contributed by atoms with E-state index in [-0.39, 0.29) is 5.41 Å². The smallest absolute Gasteiger partial charge is 0.233 e. The number of nitrogens with zero attached hydrogens (tertiary/aromatic N) is 3. The van der Waals surface area contributed by atoms with Crippen molar-refractivity contribution in [2.24, 2.45) is 5.92 Å². The van der Waals surface area contributed by atoms with Crippen LogP contribution in [0.3, 0.4) is 0 Å². The van der Waals surface area contributed by atoms with Crippen molar-refractivity contribution in [1.29, 1.82) is 0 Å². The van der Waals surface area contributed by atoms with Gasteiger partial charge in [0.1, 0.15) is 0 Å². The summed E-state index contributed by atoms with van der Waals surface area (Å²) in [4.78, 5) is 19.7. The van der Waals surface area contributed by atoms with Crippen LogP contribution in [0.4, 0.5) is 0 Å². The highest BCUT2D eigenvalue weighted by Gasteiger charge is 2.53. The molecule has 2 aromatic rings. The third kappa shape index (κ3) is 3.27. The van der Waals surface area contributed by atoms with Crippen LogP contribution in [0.1, 0.15) is 62.7 Å². The lowest BCUT2D eigenvalue weighted by Gasteiger charge is -2.34. The molecular formula is C21H27N3O2. The zero-order chi connectivity index (χ0) is 18.1. The van der Waals surface area contributed by atoms with E-state index in [0.717, 1.165) is 56.9 Å². The Hall–Kier alpha value is -2.17. The van der Waals surface area contributed by atoms with E-state index in [9.17, 15) is 4.79 Å². The van der Waals surface area contributed by atoms with Gasteiger partial charge >= 0.3 is 0 Å². The lowest BCUT2D eigenvalue weighted by Crippen LogP contribution is -2.44. The van der Waals surface area contributed by atoms with E-state index in [1.54, 1.807) is 0 Å². The largest absolute Gasteiger partial charge is 0.342 e. The molecule has 0 spiro atoms. The maximum absolute atomic E-state index is 13.1. The average Bonchev–Trinajstić information content (AvgIpc) is 3.35. The van der Waals surface area contributed by atoms with Crippen LogP contribution in [-0.2, 0) is 16.6 Å². The highest BCUT2D eigenvalue weighted by Crippen LogP contribution is 2.49. The summed E-state index contributed by atoms with van der Waals surface area (Å²) < 4.78 is 5.38. The number of hydrogen-bond donors (Lipinski definition) is 0. The molecule has 5 heteroatoms. The quantitative estimate of drug-likeness (QED) is 0.822. The molecule has 138 valence electrons. The van der Waals surface area contributed by atoms with Gasteiger partial charge in [-0.3, -0.25) is 4.79 Å². The predicted octanol–water partition coefficient (Wildman–Crippen LogP) is 3.71. The summed E-state index contributed by atoms with van der Waals surface area (Å²) >= 11 is 0. The number of carbonyl (C=O) groups is 1. The first-order valence-corrected chi connectivity index (χ1v) is 9.76. The first-order valence-electron chi connectivity index (χ1n) is 9.76. The van der Waals surface area contributed by atoms with Gasteiger partial charge in [0.2, 0.25) is 11.8 Å². The maximum Gasteiger partial charge on any atom is 0.233 e. The van der Waals surface area contributed by atoms with Gasteiger partial charge in [-0.15, -0.1) is 0 Å². The molecule has 2 aliphatic rings. The van der Waals surface area contributed by atoms with Gasteiger partial charge in [-0.2, -0.15) is 4.98 Å². The van der Waals surface area contributed by atoms with E-state index >= 15 is 0 Å². The van der Waals surface area contributed by atoms with E-state index in [1.165, 1.54) is 5.56 Å². The van der Waals surface area contributed by atoms with Crippen LogP contribution in [0.25, 0.3) is 0 Å². The molecule has 4 rings (SSSR count). The SMILES string of the molecule is CC(C)c1noc(CC2CCN(C(=O)C3(c4ccccc4)CC3)CC2)n1. The van der Waals surface area contributed by atoms with Crippen molar-refractivity contribution in [2.75, 3.05) is 13.1 Å². The molecule has 0 N–H and O–H groups in total. The van der Waals surface area contributed by atoms with E-state index in [0.29, 0.717) is 17.7 Å². The zero-order valence-corrected chi connectivity index (χ0v) is 15.6. The molecule has 1 aromatic carbocycles. The predicted molar refractivity (Wildman–Crippen MR) is 98.7 cm³/mol. The zero-order valence-electron chi connectivity index (χ0n) is 15.6. The summed E-state index contributed by atoms with van der Waals surface area (Å²) in [6.07, 6.45) is 4.81. The summed E-state index contributed by atoms with van der Waals surface area (Å²) in [6, 6.07) is 10.3. The van der Waals surface area contributed by atoms with Crippen molar-refractivity contribution in [3.63, 3.8) is 0 Å². The van der Waals surface area contributed by atoms with Crippen LogP contribution in [0.15, 0.2) is 34.9 Å². The van der Waals surface area contributed by atoms with Crippen molar-refractivity contribution < 1.29 is 9.32 Å². The molecule has 1 aliphatic heterocycles. The first-order chi connectivity index (χ1) is 12.6.